The van der Waals surface area contributed by atoms with Gasteiger partial charge < -0.3 is 9.88 Å². The molecule has 0 bridgehead atoms. The van der Waals surface area contributed by atoms with Crippen molar-refractivity contribution in [1.29, 1.82) is 0 Å². The largest absolute Gasteiger partial charge is 0.355 e. The minimum absolute atomic E-state index is 0.298. The first-order valence-corrected chi connectivity index (χ1v) is 6.90. The summed E-state index contributed by atoms with van der Waals surface area (Å²) in [5, 5.41) is 1.28. The molecule has 1 atom stereocenters. The Morgan fingerprint density at radius 2 is 2.11 bits per heavy atom. The van der Waals surface area contributed by atoms with Gasteiger partial charge in [0.05, 0.1) is 6.04 Å². The number of hydrogen-bond acceptors (Lipinski definition) is 1. The number of benzene rings is 1. The van der Waals surface area contributed by atoms with Gasteiger partial charge in [-0.25, -0.2) is 0 Å². The number of carbonyl (C=O) groups excluding carboxylic acids is 1. The highest BCUT2D eigenvalue weighted by Crippen LogP contribution is 2.29. The first-order chi connectivity index (χ1) is 9.33. The molecule has 3 nitrogen and oxygen atoms in total. The van der Waals surface area contributed by atoms with Crippen LogP contribution in [0.3, 0.4) is 0 Å². The van der Waals surface area contributed by atoms with E-state index in [0.717, 1.165) is 19.4 Å². The molecule has 4 rings (SSSR count). The van der Waals surface area contributed by atoms with E-state index >= 15 is 0 Å². The van der Waals surface area contributed by atoms with Gasteiger partial charge in [0.2, 0.25) is 5.91 Å². The quantitative estimate of drug-likeness (QED) is 0.769. The number of amides is 1. The normalized spacial score (nSPS) is 23.9. The lowest BCUT2D eigenvalue weighted by molar-refractivity contribution is -0.128. The molecule has 2 aromatic rings. The number of aromatic amines is 1. The lowest BCUT2D eigenvalue weighted by Gasteiger charge is -2.24. The highest BCUT2D eigenvalue weighted by atomic mass is 16.2. The van der Waals surface area contributed by atoms with Crippen LogP contribution in [0.25, 0.3) is 17.0 Å². The molecule has 0 spiro atoms. The molecule has 1 saturated heterocycles. The van der Waals surface area contributed by atoms with Gasteiger partial charge in [-0.05, 0) is 30.5 Å². The number of rotatable bonds is 0. The second-order valence-corrected chi connectivity index (χ2v) is 5.37. The van der Waals surface area contributed by atoms with Crippen molar-refractivity contribution in [1.82, 2.24) is 9.88 Å². The zero-order valence-electron chi connectivity index (χ0n) is 10.7. The van der Waals surface area contributed by atoms with Crippen LogP contribution in [0.2, 0.25) is 0 Å². The van der Waals surface area contributed by atoms with E-state index < -0.39 is 0 Å². The van der Waals surface area contributed by atoms with Gasteiger partial charge in [-0.15, -0.1) is 0 Å². The van der Waals surface area contributed by atoms with E-state index in [0.29, 0.717) is 18.4 Å². The molecular weight excluding hydrogens is 236 g/mol. The number of carbonyl (C=O) groups is 1. The zero-order valence-corrected chi connectivity index (χ0v) is 10.7. The van der Waals surface area contributed by atoms with E-state index in [-0.39, 0.29) is 0 Å². The molecule has 1 amide bonds. The molecule has 2 aliphatic rings. The Bertz CT molecular complexity index is 683. The maximum absolute atomic E-state index is 11.9. The van der Waals surface area contributed by atoms with Crippen LogP contribution in [-0.2, 0) is 11.2 Å². The van der Waals surface area contributed by atoms with Crippen LogP contribution in [0.15, 0.2) is 30.3 Å². The van der Waals surface area contributed by atoms with Crippen LogP contribution in [0.5, 0.6) is 0 Å². The smallest absolute Gasteiger partial charge is 0.223 e. The van der Waals surface area contributed by atoms with Gasteiger partial charge in [0.25, 0.3) is 0 Å². The minimum atomic E-state index is 0.298. The Balaban J connectivity index is 1.83. The predicted octanol–water partition coefficient (Wildman–Crippen LogP) is 2.73. The summed E-state index contributed by atoms with van der Waals surface area (Å²) >= 11 is 0. The molecule has 0 aliphatic carbocycles. The Morgan fingerprint density at radius 3 is 3.05 bits per heavy atom. The van der Waals surface area contributed by atoms with E-state index in [4.69, 9.17) is 0 Å². The lowest BCUT2D eigenvalue weighted by Crippen LogP contribution is -2.34. The number of nitrogens with zero attached hydrogens (tertiary/aromatic N) is 1. The first kappa shape index (κ1) is 10.9. The third kappa shape index (κ3) is 1.61. The summed E-state index contributed by atoms with van der Waals surface area (Å²) in [7, 11) is 0. The number of fused-ring (bicyclic) bond motifs is 4. The van der Waals surface area contributed by atoms with E-state index in [1.54, 1.807) is 0 Å². The molecular formula is C16H16N2O. The van der Waals surface area contributed by atoms with Gasteiger partial charge >= 0.3 is 0 Å². The maximum Gasteiger partial charge on any atom is 0.223 e. The summed E-state index contributed by atoms with van der Waals surface area (Å²) in [6.45, 7) is 0.836. The molecule has 3 heteroatoms. The molecule has 1 aromatic carbocycles. The molecule has 19 heavy (non-hydrogen) atoms. The highest BCUT2D eigenvalue weighted by Gasteiger charge is 2.30. The molecule has 0 radical (unpaired) electrons. The Morgan fingerprint density at radius 1 is 1.21 bits per heavy atom. The second-order valence-electron chi connectivity index (χ2n) is 5.37. The first-order valence-electron chi connectivity index (χ1n) is 6.90. The van der Waals surface area contributed by atoms with Crippen LogP contribution < -0.4 is 0 Å². The average molecular weight is 252 g/mol. The van der Waals surface area contributed by atoms with Crippen LogP contribution in [0.4, 0.5) is 0 Å². The van der Waals surface area contributed by atoms with Gasteiger partial charge in [-0.1, -0.05) is 24.3 Å². The van der Waals surface area contributed by atoms with Crippen molar-refractivity contribution in [2.24, 2.45) is 0 Å². The van der Waals surface area contributed by atoms with Crippen molar-refractivity contribution in [3.05, 3.63) is 41.6 Å². The second kappa shape index (κ2) is 3.98. The topological polar surface area (TPSA) is 36.1 Å². The van der Waals surface area contributed by atoms with Gasteiger partial charge in [-0.2, -0.15) is 0 Å². The fourth-order valence-electron chi connectivity index (χ4n) is 3.32. The number of para-hydroxylation sites is 1. The molecule has 2 aliphatic heterocycles. The Hall–Kier alpha value is -2.03. The fraction of sp³-hybridized carbons (Fsp3) is 0.312. The summed E-state index contributed by atoms with van der Waals surface area (Å²) in [5.74, 6) is 0.304. The standard InChI is InChI=1S/C16H16N2O/c19-16-8-6-11-5-7-15-13(9-10-18(11)16)12-3-1-2-4-14(12)17-15/h1-5,7,11,17H,6,8-10H2/b7-5-/t11-/m1/s1. The van der Waals surface area contributed by atoms with E-state index in [9.17, 15) is 4.79 Å². The van der Waals surface area contributed by atoms with Gasteiger partial charge in [0.1, 0.15) is 0 Å². The molecule has 1 N–H and O–H groups in total. The lowest BCUT2D eigenvalue weighted by atomic mass is 10.0. The zero-order chi connectivity index (χ0) is 12.8. The van der Waals surface area contributed by atoms with Crippen molar-refractivity contribution < 1.29 is 4.79 Å². The van der Waals surface area contributed by atoms with E-state index in [1.165, 1.54) is 22.2 Å². The van der Waals surface area contributed by atoms with Gasteiger partial charge in [0, 0.05) is 29.6 Å². The van der Waals surface area contributed by atoms with E-state index in [2.05, 4.69) is 41.4 Å². The van der Waals surface area contributed by atoms with Crippen molar-refractivity contribution >= 4 is 22.9 Å². The average Bonchev–Trinajstić information content (AvgIpc) is 2.92. The molecule has 1 fully saturated rings. The predicted molar refractivity (Wildman–Crippen MR) is 75.8 cm³/mol. The van der Waals surface area contributed by atoms with Crippen LogP contribution in [-0.4, -0.2) is 28.4 Å². The summed E-state index contributed by atoms with van der Waals surface area (Å²) < 4.78 is 0. The monoisotopic (exact) mass is 252 g/mol. The van der Waals surface area contributed by atoms with Gasteiger partial charge in [0.15, 0.2) is 0 Å². The summed E-state index contributed by atoms with van der Waals surface area (Å²) in [5.41, 5.74) is 3.73. The maximum atomic E-state index is 11.9. The summed E-state index contributed by atoms with van der Waals surface area (Å²) in [4.78, 5) is 17.4. The SMILES string of the molecule is O=C1CC[C@H]2/C=C\c3[nH]c4ccccc4c3CCN12. The van der Waals surface area contributed by atoms with Gasteiger partial charge in [-0.3, -0.25) is 4.79 Å². The third-order valence-corrected chi connectivity index (χ3v) is 4.31. The number of aromatic nitrogens is 1. The minimum Gasteiger partial charge on any atom is -0.355 e. The van der Waals surface area contributed by atoms with Crippen LogP contribution in [0.1, 0.15) is 24.1 Å². The number of hydrogen-bond donors (Lipinski definition) is 1. The Kier molecular flexibility index (Phi) is 2.28. The summed E-state index contributed by atoms with van der Waals surface area (Å²) in [6.07, 6.45) is 6.93. The van der Waals surface area contributed by atoms with Crippen LogP contribution in [0, 0.1) is 0 Å². The third-order valence-electron chi connectivity index (χ3n) is 4.31. The fourth-order valence-corrected chi connectivity index (χ4v) is 3.32. The van der Waals surface area contributed by atoms with Crippen molar-refractivity contribution in [3.63, 3.8) is 0 Å². The van der Waals surface area contributed by atoms with Crippen molar-refractivity contribution in [3.8, 4) is 0 Å². The number of H-pyrrole nitrogens is 1. The number of nitrogens with one attached hydrogen (secondary N) is 1. The molecule has 96 valence electrons. The molecule has 1 aromatic heterocycles. The van der Waals surface area contributed by atoms with E-state index in [1.807, 2.05) is 4.90 Å². The molecule has 0 unspecified atom stereocenters. The molecule has 3 heterocycles. The van der Waals surface area contributed by atoms with Crippen LogP contribution >= 0.6 is 0 Å². The Labute approximate surface area is 111 Å². The van der Waals surface area contributed by atoms with Crippen molar-refractivity contribution in [2.45, 2.75) is 25.3 Å². The van der Waals surface area contributed by atoms with Crippen molar-refractivity contribution in [2.75, 3.05) is 6.54 Å². The molecule has 0 saturated carbocycles. The summed E-state index contributed by atoms with van der Waals surface area (Å²) in [6, 6.07) is 8.69. The highest BCUT2D eigenvalue weighted by molar-refractivity contribution is 5.88.